The summed E-state index contributed by atoms with van der Waals surface area (Å²) in [6.07, 6.45) is 4.56. The molecule has 0 atom stereocenters. The highest BCUT2D eigenvalue weighted by atomic mass is 32.1. The van der Waals surface area contributed by atoms with Crippen LogP contribution in [0.2, 0.25) is 0 Å². The van der Waals surface area contributed by atoms with Crippen LogP contribution in [0, 0.1) is 6.92 Å². The van der Waals surface area contributed by atoms with E-state index in [4.69, 9.17) is 0 Å². The summed E-state index contributed by atoms with van der Waals surface area (Å²) in [5, 5.41) is 7.86. The van der Waals surface area contributed by atoms with Crippen LogP contribution in [-0.2, 0) is 13.1 Å². The van der Waals surface area contributed by atoms with Crippen LogP contribution in [0.4, 0.5) is 0 Å². The molecule has 1 N–H and O–H groups in total. The van der Waals surface area contributed by atoms with Crippen molar-refractivity contribution in [3.8, 4) is 0 Å². The van der Waals surface area contributed by atoms with E-state index in [0.717, 1.165) is 19.1 Å². The lowest BCUT2D eigenvalue weighted by molar-refractivity contribution is 0.672. The van der Waals surface area contributed by atoms with E-state index in [1.807, 2.05) is 28.3 Å². The lowest BCUT2D eigenvalue weighted by Gasteiger charge is -2.01. The van der Waals surface area contributed by atoms with Crippen LogP contribution in [0.3, 0.4) is 0 Å². The second-order valence-corrected chi connectivity index (χ2v) is 5.91. The number of aryl methyl sites for hydroxylation is 1. The van der Waals surface area contributed by atoms with Crippen LogP contribution in [-0.4, -0.2) is 15.8 Å². The van der Waals surface area contributed by atoms with Crippen molar-refractivity contribution < 1.29 is 0 Å². The Kier molecular flexibility index (Phi) is 2.99. The number of hydrogen-bond acceptors (Lipinski definition) is 3. The summed E-state index contributed by atoms with van der Waals surface area (Å²) in [5.41, 5.74) is 1.22. The summed E-state index contributed by atoms with van der Waals surface area (Å²) >= 11 is 1.89. The molecule has 2 aromatic rings. The molecule has 1 saturated carbocycles. The third kappa shape index (κ3) is 2.76. The molecule has 3 nitrogen and oxygen atoms in total. The number of aromatic nitrogens is 2. The van der Waals surface area contributed by atoms with Gasteiger partial charge in [0.2, 0.25) is 0 Å². The van der Waals surface area contributed by atoms with Crippen molar-refractivity contribution in [3.05, 3.63) is 39.8 Å². The molecular formula is C13H17N3S. The summed E-state index contributed by atoms with van der Waals surface area (Å²) in [5.74, 6) is 0. The smallest absolute Gasteiger partial charge is 0.0755 e. The van der Waals surface area contributed by atoms with Gasteiger partial charge in [-0.3, -0.25) is 4.68 Å². The normalized spacial score (nSPS) is 15.4. The van der Waals surface area contributed by atoms with Crippen LogP contribution < -0.4 is 5.32 Å². The monoisotopic (exact) mass is 247 g/mol. The first-order valence-corrected chi connectivity index (χ1v) is 6.92. The maximum absolute atomic E-state index is 4.31. The van der Waals surface area contributed by atoms with Crippen molar-refractivity contribution in [1.82, 2.24) is 15.1 Å². The van der Waals surface area contributed by atoms with Gasteiger partial charge in [0.1, 0.15) is 0 Å². The zero-order valence-electron chi connectivity index (χ0n) is 10.0. The van der Waals surface area contributed by atoms with Crippen molar-refractivity contribution in [1.29, 1.82) is 0 Å². The number of thiophene rings is 1. The van der Waals surface area contributed by atoms with Crippen LogP contribution in [0.15, 0.2) is 24.4 Å². The molecule has 17 heavy (non-hydrogen) atoms. The van der Waals surface area contributed by atoms with Crippen molar-refractivity contribution in [2.45, 2.75) is 38.9 Å². The highest BCUT2D eigenvalue weighted by Crippen LogP contribution is 2.22. The predicted molar refractivity (Wildman–Crippen MR) is 70.2 cm³/mol. The van der Waals surface area contributed by atoms with E-state index in [0.29, 0.717) is 0 Å². The van der Waals surface area contributed by atoms with Crippen molar-refractivity contribution in [3.63, 3.8) is 0 Å². The standard InChI is InChI=1S/C13H17N3S/c1-10-6-7-15-16(10)9-13-5-4-12(17-13)8-14-11-2-3-11/h4-7,11,14H,2-3,8-9H2,1H3. The first-order valence-electron chi connectivity index (χ1n) is 6.10. The predicted octanol–water partition coefficient (Wildman–Crippen LogP) is 2.55. The molecule has 0 bridgehead atoms. The van der Waals surface area contributed by atoms with Crippen LogP contribution in [0.1, 0.15) is 28.3 Å². The fourth-order valence-corrected chi connectivity index (χ4v) is 2.80. The largest absolute Gasteiger partial charge is 0.309 e. The summed E-state index contributed by atoms with van der Waals surface area (Å²) in [7, 11) is 0. The summed E-state index contributed by atoms with van der Waals surface area (Å²) in [4.78, 5) is 2.81. The van der Waals surface area contributed by atoms with E-state index in [9.17, 15) is 0 Å². The molecule has 0 radical (unpaired) electrons. The molecule has 1 fully saturated rings. The quantitative estimate of drug-likeness (QED) is 0.880. The number of nitrogens with one attached hydrogen (secondary N) is 1. The third-order valence-corrected chi connectivity index (χ3v) is 4.16. The summed E-state index contributed by atoms with van der Waals surface area (Å²) in [6, 6.07) is 7.28. The molecular weight excluding hydrogens is 230 g/mol. The highest BCUT2D eigenvalue weighted by molar-refractivity contribution is 7.11. The zero-order chi connectivity index (χ0) is 11.7. The Morgan fingerprint density at radius 3 is 2.88 bits per heavy atom. The molecule has 0 spiro atoms. The van der Waals surface area contributed by atoms with Crippen LogP contribution >= 0.6 is 11.3 Å². The number of nitrogens with zero attached hydrogens (tertiary/aromatic N) is 2. The minimum atomic E-state index is 0.786. The van der Waals surface area contributed by atoms with Gasteiger partial charge in [-0.15, -0.1) is 11.3 Å². The second kappa shape index (κ2) is 4.63. The molecule has 1 aliphatic rings. The van der Waals surface area contributed by atoms with E-state index in [-0.39, 0.29) is 0 Å². The van der Waals surface area contributed by atoms with E-state index < -0.39 is 0 Å². The minimum Gasteiger partial charge on any atom is -0.309 e. The first kappa shape index (κ1) is 11.0. The highest BCUT2D eigenvalue weighted by Gasteiger charge is 2.20. The first-order chi connectivity index (χ1) is 8.31. The van der Waals surface area contributed by atoms with Crippen LogP contribution in [0.25, 0.3) is 0 Å². The van der Waals surface area contributed by atoms with Gasteiger partial charge in [-0.1, -0.05) is 0 Å². The van der Waals surface area contributed by atoms with E-state index in [1.54, 1.807) is 0 Å². The van der Waals surface area contributed by atoms with Gasteiger partial charge >= 0.3 is 0 Å². The third-order valence-electron chi connectivity index (χ3n) is 3.09. The molecule has 1 aliphatic carbocycles. The zero-order valence-corrected chi connectivity index (χ0v) is 10.8. The molecule has 90 valence electrons. The minimum absolute atomic E-state index is 0.786. The molecule has 3 rings (SSSR count). The molecule has 0 amide bonds. The fourth-order valence-electron chi connectivity index (χ4n) is 1.85. The SMILES string of the molecule is Cc1ccnn1Cc1ccc(CNC2CC2)s1. The summed E-state index contributed by atoms with van der Waals surface area (Å²) < 4.78 is 2.05. The maximum atomic E-state index is 4.31. The molecule has 0 saturated heterocycles. The van der Waals surface area contributed by atoms with E-state index in [1.165, 1.54) is 28.3 Å². The lowest BCUT2D eigenvalue weighted by Crippen LogP contribution is -2.14. The Hall–Kier alpha value is -1.13. The van der Waals surface area contributed by atoms with Gasteiger partial charge in [0.25, 0.3) is 0 Å². The van der Waals surface area contributed by atoms with Gasteiger partial charge in [0.15, 0.2) is 0 Å². The molecule has 0 unspecified atom stereocenters. The second-order valence-electron chi connectivity index (χ2n) is 4.65. The summed E-state index contributed by atoms with van der Waals surface area (Å²) in [6.45, 7) is 4.01. The number of rotatable bonds is 5. The Morgan fingerprint density at radius 1 is 1.35 bits per heavy atom. The number of hydrogen-bond donors (Lipinski definition) is 1. The Balaban J connectivity index is 1.61. The lowest BCUT2D eigenvalue weighted by atomic mass is 10.4. The van der Waals surface area contributed by atoms with Gasteiger partial charge in [-0.05, 0) is 38.0 Å². The molecule has 0 aliphatic heterocycles. The topological polar surface area (TPSA) is 29.9 Å². The van der Waals surface area contributed by atoms with Crippen LogP contribution in [0.5, 0.6) is 0 Å². The van der Waals surface area contributed by atoms with Gasteiger partial charge in [-0.25, -0.2) is 0 Å². The fraction of sp³-hybridized carbons (Fsp3) is 0.462. The van der Waals surface area contributed by atoms with Crippen molar-refractivity contribution >= 4 is 11.3 Å². The van der Waals surface area contributed by atoms with E-state index >= 15 is 0 Å². The molecule has 4 heteroatoms. The Morgan fingerprint density at radius 2 is 2.18 bits per heavy atom. The molecule has 2 heterocycles. The maximum Gasteiger partial charge on any atom is 0.0755 e. The Labute approximate surface area is 105 Å². The van der Waals surface area contributed by atoms with Gasteiger partial charge in [0.05, 0.1) is 6.54 Å². The van der Waals surface area contributed by atoms with Gasteiger partial charge in [-0.2, -0.15) is 5.10 Å². The van der Waals surface area contributed by atoms with Gasteiger partial charge < -0.3 is 5.32 Å². The molecule has 2 aromatic heterocycles. The Bertz CT molecular complexity index is 496. The molecule has 0 aromatic carbocycles. The van der Waals surface area contributed by atoms with Crippen molar-refractivity contribution in [2.75, 3.05) is 0 Å². The van der Waals surface area contributed by atoms with E-state index in [2.05, 4.69) is 29.5 Å². The van der Waals surface area contributed by atoms with Crippen molar-refractivity contribution in [2.24, 2.45) is 0 Å². The average Bonchev–Trinajstić information content (AvgIpc) is 2.92. The van der Waals surface area contributed by atoms with Gasteiger partial charge in [0, 0.05) is 34.2 Å². The average molecular weight is 247 g/mol.